The van der Waals surface area contributed by atoms with Crippen molar-refractivity contribution in [1.29, 1.82) is 0 Å². The van der Waals surface area contributed by atoms with Gasteiger partial charge in [0.1, 0.15) is 11.0 Å². The molecule has 0 unspecified atom stereocenters. The number of carbonyl (C=O) groups is 2. The maximum Gasteiger partial charge on any atom is 0.243 e. The molecule has 1 saturated heterocycles. The Bertz CT molecular complexity index is 720. The second kappa shape index (κ2) is 5.92. The van der Waals surface area contributed by atoms with Gasteiger partial charge in [0.05, 0.1) is 16.8 Å². The van der Waals surface area contributed by atoms with Crippen LogP contribution in [0.25, 0.3) is 10.2 Å². The summed E-state index contributed by atoms with van der Waals surface area (Å²) < 4.78 is 1.13. The van der Waals surface area contributed by atoms with Crippen LogP contribution in [0.1, 0.15) is 30.7 Å². The van der Waals surface area contributed by atoms with E-state index >= 15 is 0 Å². The van der Waals surface area contributed by atoms with E-state index in [0.29, 0.717) is 13.1 Å². The molecular weight excluding hydrogens is 310 g/mol. The van der Waals surface area contributed by atoms with Crippen molar-refractivity contribution in [2.24, 2.45) is 5.92 Å². The van der Waals surface area contributed by atoms with Gasteiger partial charge in [-0.2, -0.15) is 0 Å². The molecule has 1 aromatic carbocycles. The van der Waals surface area contributed by atoms with Crippen molar-refractivity contribution in [1.82, 2.24) is 15.2 Å². The molecule has 2 aromatic rings. The van der Waals surface area contributed by atoms with Crippen LogP contribution in [0.2, 0.25) is 0 Å². The number of hydrogen-bond acceptors (Lipinski definition) is 4. The molecule has 23 heavy (non-hydrogen) atoms. The van der Waals surface area contributed by atoms with E-state index in [0.717, 1.165) is 40.9 Å². The molecule has 4 rings (SSSR count). The van der Waals surface area contributed by atoms with Crippen LogP contribution in [0.4, 0.5) is 0 Å². The summed E-state index contributed by atoms with van der Waals surface area (Å²) in [6.45, 7) is 1.15. The zero-order valence-corrected chi connectivity index (χ0v) is 13.6. The molecule has 120 valence electrons. The Labute approximate surface area is 138 Å². The average molecular weight is 329 g/mol. The number of benzene rings is 1. The topological polar surface area (TPSA) is 62.3 Å². The van der Waals surface area contributed by atoms with Gasteiger partial charge in [-0.3, -0.25) is 9.59 Å². The predicted octanol–water partition coefficient (Wildman–Crippen LogP) is 2.31. The molecular formula is C17H19N3O2S. The summed E-state index contributed by atoms with van der Waals surface area (Å²) >= 11 is 1.60. The molecule has 1 aliphatic carbocycles. The van der Waals surface area contributed by atoms with E-state index in [4.69, 9.17) is 0 Å². The van der Waals surface area contributed by atoms with Gasteiger partial charge >= 0.3 is 0 Å². The molecule has 0 radical (unpaired) electrons. The van der Waals surface area contributed by atoms with Crippen molar-refractivity contribution >= 4 is 33.4 Å². The van der Waals surface area contributed by atoms with Crippen molar-refractivity contribution in [2.45, 2.75) is 38.3 Å². The van der Waals surface area contributed by atoms with E-state index in [1.165, 1.54) is 0 Å². The summed E-state index contributed by atoms with van der Waals surface area (Å²) in [7, 11) is 0. The van der Waals surface area contributed by atoms with Crippen LogP contribution in [-0.4, -0.2) is 34.3 Å². The Kier molecular flexibility index (Phi) is 3.77. The molecule has 5 nitrogen and oxygen atoms in total. The summed E-state index contributed by atoms with van der Waals surface area (Å²) in [5.41, 5.74) is 0.966. The second-order valence-electron chi connectivity index (χ2n) is 6.26. The van der Waals surface area contributed by atoms with Gasteiger partial charge in [-0.25, -0.2) is 4.98 Å². The fourth-order valence-corrected chi connectivity index (χ4v) is 4.05. The third-order valence-corrected chi connectivity index (χ3v) is 5.55. The fourth-order valence-electron chi connectivity index (χ4n) is 3.14. The first-order valence-electron chi connectivity index (χ1n) is 8.15. The van der Waals surface area contributed by atoms with Gasteiger partial charge in [0.25, 0.3) is 0 Å². The van der Waals surface area contributed by atoms with Crippen molar-refractivity contribution in [3.8, 4) is 0 Å². The van der Waals surface area contributed by atoms with Crippen LogP contribution in [-0.2, 0) is 16.1 Å². The van der Waals surface area contributed by atoms with E-state index in [2.05, 4.69) is 10.3 Å². The molecule has 2 aliphatic rings. The summed E-state index contributed by atoms with van der Waals surface area (Å²) in [6.07, 6.45) is 3.65. The molecule has 1 N–H and O–H groups in total. The highest BCUT2D eigenvalue weighted by atomic mass is 32.1. The van der Waals surface area contributed by atoms with Gasteiger partial charge < -0.3 is 10.2 Å². The molecule has 1 aromatic heterocycles. The minimum Gasteiger partial charge on any atom is -0.348 e. The smallest absolute Gasteiger partial charge is 0.243 e. The first-order valence-corrected chi connectivity index (χ1v) is 8.96. The van der Waals surface area contributed by atoms with E-state index in [-0.39, 0.29) is 23.8 Å². The van der Waals surface area contributed by atoms with Gasteiger partial charge in [-0.15, -0.1) is 11.3 Å². The maximum absolute atomic E-state index is 12.5. The molecule has 6 heteroatoms. The Balaban J connectivity index is 1.39. The molecule has 2 heterocycles. The lowest BCUT2D eigenvalue weighted by molar-refractivity contribution is -0.139. The number of fused-ring (bicyclic) bond motifs is 1. The average Bonchev–Trinajstić information content (AvgIpc) is 3.14. The molecule has 1 atom stereocenters. The minimum absolute atomic E-state index is 0.0456. The second-order valence-corrected chi connectivity index (χ2v) is 7.37. The summed E-state index contributed by atoms with van der Waals surface area (Å²) in [5, 5.41) is 3.86. The number of thiazole rings is 1. The van der Waals surface area contributed by atoms with Crippen molar-refractivity contribution in [3.63, 3.8) is 0 Å². The van der Waals surface area contributed by atoms with Gasteiger partial charge in [0.2, 0.25) is 11.8 Å². The first kappa shape index (κ1) is 14.6. The highest BCUT2D eigenvalue weighted by molar-refractivity contribution is 7.18. The summed E-state index contributed by atoms with van der Waals surface area (Å²) in [4.78, 5) is 31.0. The molecule has 1 aliphatic heterocycles. The maximum atomic E-state index is 12.5. The number of para-hydroxylation sites is 1. The third kappa shape index (κ3) is 2.95. The summed E-state index contributed by atoms with van der Waals surface area (Å²) in [5.74, 6) is 0.297. The molecule has 0 bridgehead atoms. The van der Waals surface area contributed by atoms with Crippen LogP contribution >= 0.6 is 11.3 Å². The van der Waals surface area contributed by atoms with Crippen LogP contribution in [0.3, 0.4) is 0 Å². The highest BCUT2D eigenvalue weighted by Gasteiger charge is 2.40. The highest BCUT2D eigenvalue weighted by Crippen LogP contribution is 2.33. The summed E-state index contributed by atoms with van der Waals surface area (Å²) in [6, 6.07) is 7.67. The van der Waals surface area contributed by atoms with E-state index < -0.39 is 0 Å². The van der Waals surface area contributed by atoms with E-state index in [9.17, 15) is 9.59 Å². The Morgan fingerprint density at radius 2 is 2.09 bits per heavy atom. The van der Waals surface area contributed by atoms with E-state index in [1.807, 2.05) is 24.3 Å². The fraction of sp³-hybridized carbons (Fsp3) is 0.471. The first-order chi connectivity index (χ1) is 11.2. The number of nitrogens with zero attached hydrogens (tertiary/aromatic N) is 2. The van der Waals surface area contributed by atoms with Crippen molar-refractivity contribution in [2.75, 3.05) is 6.54 Å². The minimum atomic E-state index is -0.294. The third-order valence-electron chi connectivity index (χ3n) is 4.52. The predicted molar refractivity (Wildman–Crippen MR) is 88.9 cm³/mol. The Morgan fingerprint density at radius 1 is 1.26 bits per heavy atom. The van der Waals surface area contributed by atoms with Crippen molar-refractivity contribution in [3.05, 3.63) is 29.3 Å². The van der Waals surface area contributed by atoms with Gasteiger partial charge in [0, 0.05) is 12.5 Å². The zero-order chi connectivity index (χ0) is 15.8. The standard InChI is InChI=1S/C17H19N3O2S/c21-16(13-5-3-9-20(13)17(22)11-7-8-11)18-10-15-19-12-4-1-2-6-14(12)23-15/h1-2,4,6,11,13H,3,5,7-10H2,(H,18,21)/t13-/m1/s1. The number of nitrogens with one attached hydrogen (secondary N) is 1. The number of rotatable bonds is 4. The quantitative estimate of drug-likeness (QED) is 0.936. The zero-order valence-electron chi connectivity index (χ0n) is 12.8. The van der Waals surface area contributed by atoms with E-state index in [1.54, 1.807) is 16.2 Å². The van der Waals surface area contributed by atoms with Crippen LogP contribution in [0.5, 0.6) is 0 Å². The number of amides is 2. The monoisotopic (exact) mass is 329 g/mol. The Hall–Kier alpha value is -1.95. The van der Waals surface area contributed by atoms with Gasteiger partial charge in [-0.05, 0) is 37.8 Å². The molecule has 2 amide bonds. The molecule has 0 spiro atoms. The van der Waals surface area contributed by atoms with Crippen LogP contribution in [0, 0.1) is 5.92 Å². The number of carbonyl (C=O) groups excluding carboxylic acids is 2. The van der Waals surface area contributed by atoms with Gasteiger partial charge in [0.15, 0.2) is 0 Å². The van der Waals surface area contributed by atoms with Gasteiger partial charge in [-0.1, -0.05) is 12.1 Å². The Morgan fingerprint density at radius 3 is 2.87 bits per heavy atom. The lowest BCUT2D eigenvalue weighted by Gasteiger charge is -2.23. The SMILES string of the molecule is O=C(NCc1nc2ccccc2s1)[C@H]1CCCN1C(=O)C1CC1. The number of aromatic nitrogens is 1. The lowest BCUT2D eigenvalue weighted by atomic mass is 10.2. The normalized spacial score (nSPS) is 20.9. The number of likely N-dealkylation sites (tertiary alicyclic amines) is 1. The molecule has 1 saturated carbocycles. The number of hydrogen-bond donors (Lipinski definition) is 1. The van der Waals surface area contributed by atoms with Crippen LogP contribution < -0.4 is 5.32 Å². The molecule has 2 fully saturated rings. The lowest BCUT2D eigenvalue weighted by Crippen LogP contribution is -2.46. The van der Waals surface area contributed by atoms with Crippen molar-refractivity contribution < 1.29 is 9.59 Å². The largest absolute Gasteiger partial charge is 0.348 e. The van der Waals surface area contributed by atoms with Crippen LogP contribution in [0.15, 0.2) is 24.3 Å².